The van der Waals surface area contributed by atoms with E-state index in [1.807, 2.05) is 48.5 Å². The van der Waals surface area contributed by atoms with Crippen LogP contribution in [0.5, 0.6) is 5.75 Å². The molecule has 2 rings (SSSR count). The fourth-order valence-electron chi connectivity index (χ4n) is 1.88. The molecule has 104 valence electrons. The van der Waals surface area contributed by atoms with Gasteiger partial charge in [0.2, 0.25) is 5.91 Å². The normalized spacial score (nSPS) is 11.7. The molecule has 3 N–H and O–H groups in total. The van der Waals surface area contributed by atoms with Crippen LogP contribution in [0.4, 0.5) is 0 Å². The van der Waals surface area contributed by atoms with Crippen LogP contribution in [-0.4, -0.2) is 13.0 Å². The summed E-state index contributed by atoms with van der Waals surface area (Å²) in [5.41, 5.74) is 7.73. The first-order valence-electron chi connectivity index (χ1n) is 6.42. The Morgan fingerprint density at radius 3 is 2.65 bits per heavy atom. The SMILES string of the molecule is COc1cccc([C@H](N)C(=O)NCc2ccccc2)c1. The van der Waals surface area contributed by atoms with Gasteiger partial charge >= 0.3 is 0 Å². The topological polar surface area (TPSA) is 64.3 Å². The summed E-state index contributed by atoms with van der Waals surface area (Å²) < 4.78 is 5.13. The molecule has 0 aliphatic carbocycles. The Bertz CT molecular complexity index is 570. The van der Waals surface area contributed by atoms with Crippen LogP contribution in [0.25, 0.3) is 0 Å². The van der Waals surface area contributed by atoms with Crippen molar-refractivity contribution in [2.24, 2.45) is 5.73 Å². The predicted molar refractivity (Wildman–Crippen MR) is 78.2 cm³/mol. The number of nitrogens with two attached hydrogens (primary N) is 1. The maximum absolute atomic E-state index is 12.0. The number of amides is 1. The molecule has 0 unspecified atom stereocenters. The van der Waals surface area contributed by atoms with Crippen molar-refractivity contribution in [2.75, 3.05) is 7.11 Å². The van der Waals surface area contributed by atoms with Crippen LogP contribution in [0.2, 0.25) is 0 Å². The molecule has 2 aromatic carbocycles. The molecule has 0 fully saturated rings. The van der Waals surface area contributed by atoms with Crippen LogP contribution >= 0.6 is 0 Å². The fourth-order valence-corrected chi connectivity index (χ4v) is 1.88. The van der Waals surface area contributed by atoms with Crippen molar-refractivity contribution < 1.29 is 9.53 Å². The van der Waals surface area contributed by atoms with Gasteiger partial charge < -0.3 is 15.8 Å². The van der Waals surface area contributed by atoms with Crippen molar-refractivity contribution in [3.05, 3.63) is 65.7 Å². The Balaban J connectivity index is 1.98. The van der Waals surface area contributed by atoms with Gasteiger partial charge in [0, 0.05) is 6.54 Å². The van der Waals surface area contributed by atoms with E-state index in [0.717, 1.165) is 11.1 Å². The number of hydrogen-bond donors (Lipinski definition) is 2. The van der Waals surface area contributed by atoms with E-state index in [1.54, 1.807) is 13.2 Å². The Hall–Kier alpha value is -2.33. The van der Waals surface area contributed by atoms with E-state index in [9.17, 15) is 4.79 Å². The van der Waals surface area contributed by atoms with Crippen LogP contribution in [-0.2, 0) is 11.3 Å². The number of ether oxygens (including phenoxy) is 1. The first-order chi connectivity index (χ1) is 9.70. The van der Waals surface area contributed by atoms with E-state index in [4.69, 9.17) is 10.5 Å². The molecule has 4 nitrogen and oxygen atoms in total. The summed E-state index contributed by atoms with van der Waals surface area (Å²) >= 11 is 0. The molecule has 1 amide bonds. The van der Waals surface area contributed by atoms with Gasteiger partial charge in [0.05, 0.1) is 7.11 Å². The Morgan fingerprint density at radius 2 is 1.95 bits per heavy atom. The van der Waals surface area contributed by atoms with Gasteiger partial charge in [0.1, 0.15) is 11.8 Å². The van der Waals surface area contributed by atoms with Crippen molar-refractivity contribution in [1.82, 2.24) is 5.32 Å². The highest BCUT2D eigenvalue weighted by Crippen LogP contribution is 2.17. The molecule has 0 heterocycles. The average Bonchev–Trinajstić information content (AvgIpc) is 2.53. The Kier molecular flexibility index (Phi) is 4.74. The molecule has 2 aromatic rings. The average molecular weight is 270 g/mol. The maximum atomic E-state index is 12.0. The molecule has 0 aliphatic rings. The lowest BCUT2D eigenvalue weighted by Gasteiger charge is -2.13. The van der Waals surface area contributed by atoms with Gasteiger partial charge in [-0.3, -0.25) is 4.79 Å². The molecular weight excluding hydrogens is 252 g/mol. The van der Waals surface area contributed by atoms with Gasteiger partial charge in [0.25, 0.3) is 0 Å². The Morgan fingerprint density at radius 1 is 1.20 bits per heavy atom. The second kappa shape index (κ2) is 6.73. The van der Waals surface area contributed by atoms with Crippen molar-refractivity contribution in [1.29, 1.82) is 0 Å². The van der Waals surface area contributed by atoms with Crippen molar-refractivity contribution in [3.8, 4) is 5.75 Å². The second-order valence-corrected chi connectivity index (χ2v) is 4.46. The van der Waals surface area contributed by atoms with E-state index in [1.165, 1.54) is 0 Å². The molecule has 4 heteroatoms. The quantitative estimate of drug-likeness (QED) is 0.873. The number of nitrogens with one attached hydrogen (secondary N) is 1. The first kappa shape index (κ1) is 14.1. The minimum atomic E-state index is -0.700. The van der Waals surface area contributed by atoms with Crippen molar-refractivity contribution in [3.63, 3.8) is 0 Å². The molecule has 0 saturated carbocycles. The van der Waals surface area contributed by atoms with Gasteiger partial charge in [0.15, 0.2) is 0 Å². The Labute approximate surface area is 118 Å². The zero-order valence-electron chi connectivity index (χ0n) is 11.4. The smallest absolute Gasteiger partial charge is 0.241 e. The third kappa shape index (κ3) is 3.59. The molecule has 0 aliphatic heterocycles. The third-order valence-electron chi connectivity index (χ3n) is 3.04. The van der Waals surface area contributed by atoms with E-state index in [0.29, 0.717) is 12.3 Å². The summed E-state index contributed by atoms with van der Waals surface area (Å²) in [5, 5.41) is 2.83. The van der Waals surface area contributed by atoms with Crippen LogP contribution in [0, 0.1) is 0 Å². The van der Waals surface area contributed by atoms with Gasteiger partial charge in [-0.25, -0.2) is 0 Å². The standard InChI is InChI=1S/C16H18N2O2/c1-20-14-9-5-8-13(10-14)15(17)16(19)18-11-12-6-3-2-4-7-12/h2-10,15H,11,17H2,1H3,(H,18,19)/t15-/m0/s1. The summed E-state index contributed by atoms with van der Waals surface area (Å²) in [4.78, 5) is 12.0. The van der Waals surface area contributed by atoms with E-state index < -0.39 is 6.04 Å². The predicted octanol–water partition coefficient (Wildman–Crippen LogP) is 2.01. The molecule has 20 heavy (non-hydrogen) atoms. The lowest BCUT2D eigenvalue weighted by Crippen LogP contribution is -2.33. The van der Waals surface area contributed by atoms with Crippen LogP contribution < -0.4 is 15.8 Å². The number of carbonyl (C=O) groups excluding carboxylic acids is 1. The number of carbonyl (C=O) groups is 1. The number of hydrogen-bond acceptors (Lipinski definition) is 3. The van der Waals surface area contributed by atoms with Gasteiger partial charge in [-0.2, -0.15) is 0 Å². The molecule has 0 radical (unpaired) electrons. The zero-order valence-corrected chi connectivity index (χ0v) is 11.4. The van der Waals surface area contributed by atoms with Crippen LogP contribution in [0.15, 0.2) is 54.6 Å². The summed E-state index contributed by atoms with van der Waals surface area (Å²) in [5.74, 6) is 0.482. The highest BCUT2D eigenvalue weighted by molar-refractivity contribution is 5.83. The summed E-state index contributed by atoms with van der Waals surface area (Å²) in [6.45, 7) is 0.470. The second-order valence-electron chi connectivity index (χ2n) is 4.46. The number of benzene rings is 2. The lowest BCUT2D eigenvalue weighted by molar-refractivity contribution is -0.122. The minimum Gasteiger partial charge on any atom is -0.497 e. The number of methoxy groups -OCH3 is 1. The minimum absolute atomic E-state index is 0.206. The fraction of sp³-hybridized carbons (Fsp3) is 0.188. The van der Waals surface area contributed by atoms with E-state index >= 15 is 0 Å². The highest BCUT2D eigenvalue weighted by atomic mass is 16.5. The van der Waals surface area contributed by atoms with Crippen molar-refractivity contribution >= 4 is 5.91 Å². The lowest BCUT2D eigenvalue weighted by atomic mass is 10.1. The monoisotopic (exact) mass is 270 g/mol. The molecule has 0 aromatic heterocycles. The van der Waals surface area contributed by atoms with Crippen LogP contribution in [0.3, 0.4) is 0 Å². The van der Waals surface area contributed by atoms with Gasteiger partial charge in [-0.15, -0.1) is 0 Å². The molecule has 0 bridgehead atoms. The van der Waals surface area contributed by atoms with Crippen molar-refractivity contribution in [2.45, 2.75) is 12.6 Å². The van der Waals surface area contributed by atoms with E-state index in [2.05, 4.69) is 5.32 Å². The number of rotatable bonds is 5. The van der Waals surface area contributed by atoms with Crippen LogP contribution in [0.1, 0.15) is 17.2 Å². The summed E-state index contributed by atoms with van der Waals surface area (Å²) in [6.07, 6.45) is 0. The molecule has 0 spiro atoms. The highest BCUT2D eigenvalue weighted by Gasteiger charge is 2.15. The molecule has 0 saturated heterocycles. The summed E-state index contributed by atoms with van der Waals surface area (Å²) in [7, 11) is 1.58. The first-order valence-corrected chi connectivity index (χ1v) is 6.42. The molecular formula is C16H18N2O2. The third-order valence-corrected chi connectivity index (χ3v) is 3.04. The van der Waals surface area contributed by atoms with E-state index in [-0.39, 0.29) is 5.91 Å². The van der Waals surface area contributed by atoms with Gasteiger partial charge in [-0.05, 0) is 23.3 Å². The largest absolute Gasteiger partial charge is 0.497 e. The zero-order chi connectivity index (χ0) is 14.4. The van der Waals surface area contributed by atoms with Gasteiger partial charge in [-0.1, -0.05) is 42.5 Å². The summed E-state index contributed by atoms with van der Waals surface area (Å²) in [6, 6.07) is 16.2. The molecule has 1 atom stereocenters. The maximum Gasteiger partial charge on any atom is 0.241 e.